The van der Waals surface area contributed by atoms with Crippen molar-refractivity contribution in [3.63, 3.8) is 0 Å². The van der Waals surface area contributed by atoms with E-state index in [-0.39, 0.29) is 0 Å². The van der Waals surface area contributed by atoms with E-state index in [0.717, 1.165) is 24.7 Å². The summed E-state index contributed by atoms with van der Waals surface area (Å²) < 4.78 is 4.90. The molecule has 0 bridgehead atoms. The molecule has 2 heterocycles. The lowest BCUT2D eigenvalue weighted by Gasteiger charge is -2.06. The standard InChI is InChI=1S/C12H17N5O/c1-3-13-10-5-4-6-11(16-10)14-8-7-12-15-9(2)18-17-12/h4-6H,3,7-8H2,1-2H3,(H2,13,14,16). The highest BCUT2D eigenvalue weighted by Gasteiger charge is 2.02. The van der Waals surface area contributed by atoms with Crippen LogP contribution in [-0.2, 0) is 6.42 Å². The Morgan fingerprint density at radius 1 is 1.17 bits per heavy atom. The number of rotatable bonds is 6. The summed E-state index contributed by atoms with van der Waals surface area (Å²) in [5.74, 6) is 3.02. The molecule has 18 heavy (non-hydrogen) atoms. The maximum Gasteiger partial charge on any atom is 0.223 e. The third-order valence-corrected chi connectivity index (χ3v) is 2.33. The van der Waals surface area contributed by atoms with E-state index in [1.54, 1.807) is 6.92 Å². The summed E-state index contributed by atoms with van der Waals surface area (Å²) in [6.45, 7) is 5.41. The summed E-state index contributed by atoms with van der Waals surface area (Å²) in [6, 6.07) is 5.84. The van der Waals surface area contributed by atoms with Gasteiger partial charge in [-0.05, 0) is 19.1 Å². The average molecular weight is 247 g/mol. The van der Waals surface area contributed by atoms with Crippen LogP contribution in [0.25, 0.3) is 0 Å². The molecule has 0 spiro atoms. The van der Waals surface area contributed by atoms with E-state index in [1.165, 1.54) is 0 Å². The highest BCUT2D eigenvalue weighted by Crippen LogP contribution is 2.08. The lowest BCUT2D eigenvalue weighted by atomic mass is 10.4. The zero-order valence-electron chi connectivity index (χ0n) is 10.6. The van der Waals surface area contributed by atoms with Gasteiger partial charge < -0.3 is 15.2 Å². The highest BCUT2D eigenvalue weighted by molar-refractivity contribution is 5.44. The van der Waals surface area contributed by atoms with Gasteiger partial charge in [0.15, 0.2) is 5.82 Å². The van der Waals surface area contributed by atoms with Gasteiger partial charge in [-0.3, -0.25) is 0 Å². The molecule has 2 aromatic heterocycles. The molecule has 0 aromatic carbocycles. The predicted molar refractivity (Wildman–Crippen MR) is 69.6 cm³/mol. The van der Waals surface area contributed by atoms with Gasteiger partial charge in [0.1, 0.15) is 11.6 Å². The van der Waals surface area contributed by atoms with Crippen molar-refractivity contribution < 1.29 is 4.52 Å². The van der Waals surface area contributed by atoms with Crippen LogP contribution in [0, 0.1) is 6.92 Å². The van der Waals surface area contributed by atoms with Crippen molar-refractivity contribution in [1.82, 2.24) is 15.1 Å². The molecule has 0 saturated heterocycles. The molecule has 2 rings (SSSR count). The van der Waals surface area contributed by atoms with Crippen molar-refractivity contribution in [1.29, 1.82) is 0 Å². The Morgan fingerprint density at radius 3 is 2.61 bits per heavy atom. The largest absolute Gasteiger partial charge is 0.370 e. The van der Waals surface area contributed by atoms with Gasteiger partial charge in [-0.2, -0.15) is 4.98 Å². The fourth-order valence-corrected chi connectivity index (χ4v) is 1.56. The molecule has 0 amide bonds. The third kappa shape index (κ3) is 3.44. The van der Waals surface area contributed by atoms with Gasteiger partial charge in [0.2, 0.25) is 5.89 Å². The van der Waals surface area contributed by atoms with Crippen molar-refractivity contribution >= 4 is 11.6 Å². The van der Waals surface area contributed by atoms with Crippen LogP contribution >= 0.6 is 0 Å². The molecular formula is C12H17N5O. The average Bonchev–Trinajstić information content (AvgIpc) is 2.76. The Bertz CT molecular complexity index is 497. The second kappa shape index (κ2) is 6.00. The zero-order chi connectivity index (χ0) is 12.8. The smallest absolute Gasteiger partial charge is 0.223 e. The van der Waals surface area contributed by atoms with E-state index in [4.69, 9.17) is 4.52 Å². The Kier molecular flexibility index (Phi) is 4.11. The fourth-order valence-electron chi connectivity index (χ4n) is 1.56. The van der Waals surface area contributed by atoms with Crippen LogP contribution < -0.4 is 10.6 Å². The van der Waals surface area contributed by atoms with Crippen LogP contribution in [0.3, 0.4) is 0 Å². The van der Waals surface area contributed by atoms with E-state index >= 15 is 0 Å². The molecule has 96 valence electrons. The van der Waals surface area contributed by atoms with E-state index in [9.17, 15) is 0 Å². The first-order valence-electron chi connectivity index (χ1n) is 6.02. The fraction of sp³-hybridized carbons (Fsp3) is 0.417. The van der Waals surface area contributed by atoms with Gasteiger partial charge in [-0.25, -0.2) is 4.98 Å². The first-order chi connectivity index (χ1) is 8.78. The molecule has 0 aliphatic rings. The van der Waals surface area contributed by atoms with Crippen LogP contribution in [0.2, 0.25) is 0 Å². The molecule has 2 aromatic rings. The second-order valence-corrected chi connectivity index (χ2v) is 3.84. The second-order valence-electron chi connectivity index (χ2n) is 3.84. The van der Waals surface area contributed by atoms with Gasteiger partial charge in [0.25, 0.3) is 0 Å². The number of anilines is 2. The summed E-state index contributed by atoms with van der Waals surface area (Å²) in [4.78, 5) is 8.55. The van der Waals surface area contributed by atoms with Gasteiger partial charge in [0.05, 0.1) is 0 Å². The molecule has 0 aliphatic carbocycles. The molecule has 6 nitrogen and oxygen atoms in total. The Balaban J connectivity index is 1.84. The van der Waals surface area contributed by atoms with E-state index < -0.39 is 0 Å². The first kappa shape index (κ1) is 12.3. The zero-order valence-corrected chi connectivity index (χ0v) is 10.6. The summed E-state index contributed by atoms with van der Waals surface area (Å²) in [7, 11) is 0. The summed E-state index contributed by atoms with van der Waals surface area (Å²) >= 11 is 0. The summed E-state index contributed by atoms with van der Waals surface area (Å²) in [6.07, 6.45) is 0.713. The number of aromatic nitrogens is 3. The summed E-state index contributed by atoms with van der Waals surface area (Å²) in [5, 5.41) is 10.2. The van der Waals surface area contributed by atoms with Crippen LogP contribution in [-0.4, -0.2) is 28.2 Å². The predicted octanol–water partition coefficient (Wildman–Crippen LogP) is 1.86. The van der Waals surface area contributed by atoms with Gasteiger partial charge in [-0.15, -0.1) is 0 Å². The monoisotopic (exact) mass is 247 g/mol. The maximum atomic E-state index is 4.90. The van der Waals surface area contributed by atoms with Gasteiger partial charge in [-0.1, -0.05) is 11.2 Å². The van der Waals surface area contributed by atoms with Gasteiger partial charge in [0, 0.05) is 26.4 Å². The molecule has 6 heteroatoms. The minimum absolute atomic E-state index is 0.595. The lowest BCUT2D eigenvalue weighted by Crippen LogP contribution is -2.08. The summed E-state index contributed by atoms with van der Waals surface area (Å²) in [5.41, 5.74) is 0. The van der Waals surface area contributed by atoms with E-state index in [0.29, 0.717) is 18.1 Å². The first-order valence-corrected chi connectivity index (χ1v) is 6.02. The maximum absolute atomic E-state index is 4.90. The highest BCUT2D eigenvalue weighted by atomic mass is 16.5. The van der Waals surface area contributed by atoms with Crippen LogP contribution in [0.4, 0.5) is 11.6 Å². The van der Waals surface area contributed by atoms with E-state index in [1.807, 2.05) is 25.1 Å². The quantitative estimate of drug-likeness (QED) is 0.811. The minimum atomic E-state index is 0.595. The van der Waals surface area contributed by atoms with Crippen LogP contribution in [0.1, 0.15) is 18.6 Å². The number of aryl methyl sites for hydroxylation is 1. The third-order valence-electron chi connectivity index (χ3n) is 2.33. The van der Waals surface area contributed by atoms with Gasteiger partial charge >= 0.3 is 0 Å². The minimum Gasteiger partial charge on any atom is -0.370 e. The Labute approximate surface area is 106 Å². The molecule has 2 N–H and O–H groups in total. The normalized spacial score (nSPS) is 10.3. The number of nitrogens with one attached hydrogen (secondary N) is 2. The van der Waals surface area contributed by atoms with Crippen molar-refractivity contribution in [2.45, 2.75) is 20.3 Å². The number of hydrogen-bond donors (Lipinski definition) is 2. The van der Waals surface area contributed by atoms with Crippen LogP contribution in [0.15, 0.2) is 22.7 Å². The van der Waals surface area contributed by atoms with Crippen molar-refractivity contribution in [2.24, 2.45) is 0 Å². The molecule has 0 saturated carbocycles. The topological polar surface area (TPSA) is 75.9 Å². The molecule has 0 unspecified atom stereocenters. The molecule has 0 fully saturated rings. The number of pyridine rings is 1. The van der Waals surface area contributed by atoms with Crippen LogP contribution in [0.5, 0.6) is 0 Å². The lowest BCUT2D eigenvalue weighted by molar-refractivity contribution is 0.387. The molecular weight excluding hydrogens is 230 g/mol. The Morgan fingerprint density at radius 2 is 1.94 bits per heavy atom. The Hall–Kier alpha value is -2.11. The molecule has 0 aliphatic heterocycles. The SMILES string of the molecule is CCNc1cccc(NCCc2noc(C)n2)n1. The molecule has 0 atom stereocenters. The number of hydrogen-bond acceptors (Lipinski definition) is 6. The van der Waals surface area contributed by atoms with E-state index in [2.05, 4.69) is 25.8 Å². The van der Waals surface area contributed by atoms with Crippen molar-refractivity contribution in [3.8, 4) is 0 Å². The van der Waals surface area contributed by atoms with Crippen molar-refractivity contribution in [3.05, 3.63) is 29.9 Å². The molecule has 0 radical (unpaired) electrons. The van der Waals surface area contributed by atoms with Crippen molar-refractivity contribution in [2.75, 3.05) is 23.7 Å². The number of nitrogens with zero attached hydrogens (tertiary/aromatic N) is 3.